The van der Waals surface area contributed by atoms with Crippen LogP contribution < -0.4 is 34.3 Å². The van der Waals surface area contributed by atoms with Gasteiger partial charge in [0.2, 0.25) is 0 Å². The van der Waals surface area contributed by atoms with Gasteiger partial charge in [0.25, 0.3) is 5.82 Å². The van der Waals surface area contributed by atoms with Gasteiger partial charge in [-0.05, 0) is 26.0 Å². The Kier molecular flexibility index (Phi) is 8.07. The number of nitrogens with one attached hydrogen (secondary N) is 2. The van der Waals surface area contributed by atoms with Crippen LogP contribution in [0.25, 0.3) is 11.0 Å². The smallest absolute Gasteiger partial charge is 0.252 e. The van der Waals surface area contributed by atoms with Crippen LogP contribution in [0.5, 0.6) is 0 Å². The van der Waals surface area contributed by atoms with Crippen LogP contribution in [0.1, 0.15) is 19.7 Å². The van der Waals surface area contributed by atoms with Crippen LogP contribution in [-0.4, -0.2) is 24.6 Å². The van der Waals surface area contributed by atoms with Gasteiger partial charge in [0.05, 0.1) is 13.1 Å². The molecule has 0 saturated carbocycles. The highest BCUT2D eigenvalue weighted by molar-refractivity contribution is 5.70. The quantitative estimate of drug-likeness (QED) is 0.516. The van der Waals surface area contributed by atoms with Crippen LogP contribution in [-0.2, 0) is 6.54 Å². The topological polar surface area (TPSA) is 24.1 Å². The molecule has 5 heteroatoms. The lowest BCUT2D eigenvalue weighted by Crippen LogP contribution is -3.12. The number of quaternary nitrogens is 1. The van der Waals surface area contributed by atoms with Crippen molar-refractivity contribution < 1.29 is 34.3 Å². The average molecular weight is 304 g/mol. The van der Waals surface area contributed by atoms with Gasteiger partial charge in [-0.15, -0.1) is 0 Å². The van der Waals surface area contributed by atoms with Crippen molar-refractivity contribution >= 4 is 11.0 Å². The molecular weight excluding hydrogens is 281 g/mol. The number of fused-ring (bicyclic) bond motifs is 1. The average Bonchev–Trinajstić information content (AvgIpc) is 2.67. The molecule has 0 saturated heterocycles. The minimum absolute atomic E-state index is 0. The Balaban J connectivity index is 0.00000162. The van der Waals surface area contributed by atoms with Crippen molar-refractivity contribution in [3.8, 4) is 0 Å². The summed E-state index contributed by atoms with van der Waals surface area (Å²) in [6.07, 6.45) is 0. The predicted octanol–water partition coefficient (Wildman–Crippen LogP) is -5.30. The molecule has 0 aliphatic rings. The lowest BCUT2D eigenvalue weighted by atomic mass is 10.3. The van der Waals surface area contributed by atoms with Crippen molar-refractivity contribution in [2.24, 2.45) is 0 Å². The Labute approximate surface area is 127 Å². The number of hydrogen-bond donors (Lipinski definition) is 2. The number of likely N-dealkylation sites (N-methyl/N-ethyl adjacent to an activating group) is 1. The standard InChI is InChI=1S/C14H21N3.2ClH/c1-4-16(5-2)10-11-17-12(3)15-13-8-6-7-9-14(13)17;;/h6-9H,4-5,10-11H2,1-3H3;2*1H. The zero-order valence-corrected chi connectivity index (χ0v) is 13.4. The molecule has 0 atom stereocenters. The van der Waals surface area contributed by atoms with E-state index in [9.17, 15) is 0 Å². The Morgan fingerprint density at radius 2 is 1.74 bits per heavy atom. The number of aromatic nitrogens is 2. The highest BCUT2D eigenvalue weighted by Crippen LogP contribution is 2.07. The largest absolute Gasteiger partial charge is 1.00 e. The summed E-state index contributed by atoms with van der Waals surface area (Å²) in [5.41, 5.74) is 2.55. The second kappa shape index (κ2) is 8.41. The predicted molar refractivity (Wildman–Crippen MR) is 70.1 cm³/mol. The van der Waals surface area contributed by atoms with E-state index in [2.05, 4.69) is 54.6 Å². The zero-order valence-electron chi connectivity index (χ0n) is 11.8. The molecule has 1 aromatic carbocycles. The minimum Gasteiger partial charge on any atom is -1.00 e. The van der Waals surface area contributed by atoms with Gasteiger partial charge in [0.15, 0.2) is 11.0 Å². The van der Waals surface area contributed by atoms with Gasteiger partial charge >= 0.3 is 0 Å². The first kappa shape index (κ1) is 18.2. The minimum atomic E-state index is 0. The molecule has 2 rings (SSSR count). The molecular formula is C14H23Cl2N3. The maximum atomic E-state index is 3.44. The van der Waals surface area contributed by atoms with Crippen molar-refractivity contribution in [3.05, 3.63) is 30.1 Å². The van der Waals surface area contributed by atoms with Crippen molar-refractivity contribution in [2.75, 3.05) is 19.6 Å². The Morgan fingerprint density at radius 1 is 1.11 bits per heavy atom. The molecule has 0 radical (unpaired) electrons. The normalized spacial score (nSPS) is 10.3. The third kappa shape index (κ3) is 4.10. The van der Waals surface area contributed by atoms with Gasteiger partial charge in [-0.3, -0.25) is 0 Å². The number of benzene rings is 1. The second-order valence-corrected chi connectivity index (χ2v) is 4.59. The number of nitrogens with zero attached hydrogens (tertiary/aromatic N) is 1. The van der Waals surface area contributed by atoms with E-state index in [4.69, 9.17) is 0 Å². The molecule has 0 amide bonds. The van der Waals surface area contributed by atoms with E-state index in [1.807, 2.05) is 0 Å². The molecule has 0 aliphatic carbocycles. The molecule has 0 unspecified atom stereocenters. The van der Waals surface area contributed by atoms with E-state index in [0.717, 1.165) is 6.54 Å². The first-order chi connectivity index (χ1) is 8.26. The summed E-state index contributed by atoms with van der Waals surface area (Å²) in [5.74, 6) is 1.25. The molecule has 2 N–H and O–H groups in total. The maximum absolute atomic E-state index is 3.44. The summed E-state index contributed by atoms with van der Waals surface area (Å²) in [6, 6.07) is 8.52. The summed E-state index contributed by atoms with van der Waals surface area (Å²) in [5, 5.41) is 0. The molecule has 19 heavy (non-hydrogen) atoms. The first-order valence-corrected chi connectivity index (χ1v) is 6.57. The number of H-pyrrole nitrogens is 1. The van der Waals surface area contributed by atoms with Crippen LogP contribution in [0.2, 0.25) is 0 Å². The summed E-state index contributed by atoms with van der Waals surface area (Å²) in [6.45, 7) is 11.4. The Hall–Kier alpha value is -0.770. The SMILES string of the molecule is CC[NH+](CC)CC[n+]1c(C)[nH]c2ccccc21.[Cl-].[Cl-]. The van der Waals surface area contributed by atoms with Crippen LogP contribution in [0, 0.1) is 6.92 Å². The number of aryl methyl sites for hydroxylation is 1. The number of aromatic amines is 1. The molecule has 2 aromatic rings. The molecule has 0 spiro atoms. The number of imidazole rings is 1. The summed E-state index contributed by atoms with van der Waals surface area (Å²) < 4.78 is 2.39. The van der Waals surface area contributed by atoms with Crippen molar-refractivity contribution in [2.45, 2.75) is 27.3 Å². The number of para-hydroxylation sites is 2. The fourth-order valence-corrected chi connectivity index (χ4v) is 2.42. The molecule has 0 bridgehead atoms. The van der Waals surface area contributed by atoms with Crippen molar-refractivity contribution in [1.29, 1.82) is 0 Å². The van der Waals surface area contributed by atoms with Crippen LogP contribution in [0.15, 0.2) is 24.3 Å². The third-order valence-electron chi connectivity index (χ3n) is 3.60. The lowest BCUT2D eigenvalue weighted by molar-refractivity contribution is -0.914. The van der Waals surface area contributed by atoms with Crippen LogP contribution in [0.3, 0.4) is 0 Å². The van der Waals surface area contributed by atoms with Gasteiger partial charge in [0.1, 0.15) is 13.1 Å². The fourth-order valence-electron chi connectivity index (χ4n) is 2.42. The van der Waals surface area contributed by atoms with Gasteiger partial charge < -0.3 is 29.7 Å². The van der Waals surface area contributed by atoms with E-state index < -0.39 is 0 Å². The van der Waals surface area contributed by atoms with Crippen LogP contribution in [0.4, 0.5) is 0 Å². The molecule has 0 fully saturated rings. The fraction of sp³-hybridized carbons (Fsp3) is 0.500. The van der Waals surface area contributed by atoms with Gasteiger partial charge in [-0.25, -0.2) is 9.55 Å². The Morgan fingerprint density at radius 3 is 2.37 bits per heavy atom. The number of rotatable bonds is 5. The summed E-state index contributed by atoms with van der Waals surface area (Å²) >= 11 is 0. The van der Waals surface area contributed by atoms with Crippen LogP contribution >= 0.6 is 0 Å². The van der Waals surface area contributed by atoms with E-state index in [1.54, 1.807) is 4.90 Å². The highest BCUT2D eigenvalue weighted by atomic mass is 35.5. The lowest BCUT2D eigenvalue weighted by Gasteiger charge is -2.14. The third-order valence-corrected chi connectivity index (χ3v) is 3.60. The van der Waals surface area contributed by atoms with Crippen molar-refractivity contribution in [3.63, 3.8) is 0 Å². The molecule has 3 nitrogen and oxygen atoms in total. The highest BCUT2D eigenvalue weighted by Gasteiger charge is 2.15. The summed E-state index contributed by atoms with van der Waals surface area (Å²) in [4.78, 5) is 5.10. The molecule has 1 aromatic heterocycles. The van der Waals surface area contributed by atoms with Crippen molar-refractivity contribution in [1.82, 2.24) is 4.98 Å². The molecule has 1 heterocycles. The first-order valence-electron chi connectivity index (χ1n) is 6.57. The number of hydrogen-bond acceptors (Lipinski definition) is 0. The Bertz CT molecular complexity index is 492. The van der Waals surface area contributed by atoms with Gasteiger partial charge in [-0.2, -0.15) is 0 Å². The second-order valence-electron chi connectivity index (χ2n) is 4.59. The summed E-state index contributed by atoms with van der Waals surface area (Å²) in [7, 11) is 0. The van der Waals surface area contributed by atoms with E-state index >= 15 is 0 Å². The number of halogens is 2. The molecule has 0 aliphatic heterocycles. The van der Waals surface area contributed by atoms with E-state index in [0.29, 0.717) is 0 Å². The molecule has 108 valence electrons. The van der Waals surface area contributed by atoms with Gasteiger partial charge in [0, 0.05) is 6.92 Å². The van der Waals surface area contributed by atoms with E-state index in [1.165, 1.54) is 36.5 Å². The maximum Gasteiger partial charge on any atom is 0.252 e. The van der Waals surface area contributed by atoms with Gasteiger partial charge in [-0.1, -0.05) is 12.1 Å². The van der Waals surface area contributed by atoms with E-state index in [-0.39, 0.29) is 24.8 Å². The monoisotopic (exact) mass is 303 g/mol. The zero-order chi connectivity index (χ0) is 12.3.